The molecular weight excluding hydrogens is 301 g/mol. The van der Waals surface area contributed by atoms with Gasteiger partial charge >= 0.3 is 6.09 Å². The molecule has 1 rings (SSSR count). The fourth-order valence-electron chi connectivity index (χ4n) is 2.09. The maximum atomic E-state index is 13.8. The first-order valence-corrected chi connectivity index (χ1v) is 7.49. The number of alkyl carbamates (subject to hydrolysis) is 1. The van der Waals surface area contributed by atoms with Crippen LogP contribution in [0.25, 0.3) is 0 Å². The summed E-state index contributed by atoms with van der Waals surface area (Å²) >= 11 is 0. The topological polar surface area (TPSA) is 67.8 Å². The van der Waals surface area contributed by atoms with E-state index in [1.807, 2.05) is 6.92 Å². The van der Waals surface area contributed by atoms with Gasteiger partial charge in [0.15, 0.2) is 11.6 Å². The molecular formula is C17H26FNO4. The van der Waals surface area contributed by atoms with Gasteiger partial charge in [-0.05, 0) is 44.9 Å². The van der Waals surface area contributed by atoms with Crippen LogP contribution in [0, 0.1) is 11.2 Å². The van der Waals surface area contributed by atoms with Crippen molar-refractivity contribution in [2.75, 3.05) is 20.3 Å². The number of hydrogen-bond donors (Lipinski definition) is 2. The average Bonchev–Trinajstić information content (AvgIpc) is 2.44. The van der Waals surface area contributed by atoms with E-state index in [-0.39, 0.29) is 18.9 Å². The standard InChI is InChI=1S/C17H26FNO4/c1-16(2,3)23-15(21)19-10-17(4,11-20)9-12-6-7-14(22-5)13(18)8-12/h6-8,20H,9-11H2,1-5H3,(H,19,21). The van der Waals surface area contributed by atoms with Crippen LogP contribution in [-0.4, -0.2) is 37.1 Å². The second kappa shape index (κ2) is 7.64. The molecule has 0 saturated heterocycles. The molecule has 5 nitrogen and oxygen atoms in total. The van der Waals surface area contributed by atoms with Crippen molar-refractivity contribution in [2.45, 2.75) is 39.7 Å². The number of benzene rings is 1. The summed E-state index contributed by atoms with van der Waals surface area (Å²) in [5.74, 6) is -0.281. The van der Waals surface area contributed by atoms with Crippen LogP contribution >= 0.6 is 0 Å². The first kappa shape index (κ1) is 19.2. The lowest BCUT2D eigenvalue weighted by atomic mass is 9.84. The average molecular weight is 327 g/mol. The van der Waals surface area contributed by atoms with Crippen LogP contribution in [0.4, 0.5) is 9.18 Å². The minimum absolute atomic E-state index is 0.156. The summed E-state index contributed by atoms with van der Waals surface area (Å²) < 4.78 is 23.8. The Morgan fingerprint density at radius 3 is 2.43 bits per heavy atom. The molecule has 130 valence electrons. The number of nitrogens with one attached hydrogen (secondary N) is 1. The number of aliphatic hydroxyl groups is 1. The fraction of sp³-hybridized carbons (Fsp3) is 0.588. The molecule has 0 saturated carbocycles. The van der Waals surface area contributed by atoms with Crippen molar-refractivity contribution in [1.82, 2.24) is 5.32 Å². The Morgan fingerprint density at radius 2 is 1.96 bits per heavy atom. The fourth-order valence-corrected chi connectivity index (χ4v) is 2.09. The zero-order valence-electron chi connectivity index (χ0n) is 14.4. The number of carbonyl (C=O) groups is 1. The van der Waals surface area contributed by atoms with Gasteiger partial charge in [0.2, 0.25) is 0 Å². The maximum absolute atomic E-state index is 13.8. The summed E-state index contributed by atoms with van der Waals surface area (Å²) in [5.41, 5.74) is -0.498. The van der Waals surface area contributed by atoms with E-state index < -0.39 is 22.9 Å². The molecule has 1 aromatic carbocycles. The number of rotatable bonds is 6. The molecule has 0 aliphatic carbocycles. The second-order valence-corrected chi connectivity index (χ2v) is 6.97. The van der Waals surface area contributed by atoms with Crippen LogP contribution in [0.1, 0.15) is 33.3 Å². The summed E-state index contributed by atoms with van der Waals surface area (Å²) in [6.45, 7) is 7.20. The van der Waals surface area contributed by atoms with Gasteiger partial charge in [0.1, 0.15) is 5.60 Å². The molecule has 23 heavy (non-hydrogen) atoms. The van der Waals surface area contributed by atoms with E-state index in [4.69, 9.17) is 9.47 Å². The van der Waals surface area contributed by atoms with Gasteiger partial charge in [-0.15, -0.1) is 0 Å². The minimum Gasteiger partial charge on any atom is -0.494 e. The first-order valence-electron chi connectivity index (χ1n) is 7.49. The van der Waals surface area contributed by atoms with Gasteiger partial charge in [0.25, 0.3) is 0 Å². The van der Waals surface area contributed by atoms with Gasteiger partial charge in [-0.3, -0.25) is 0 Å². The zero-order valence-corrected chi connectivity index (χ0v) is 14.4. The third-order valence-corrected chi connectivity index (χ3v) is 3.29. The molecule has 0 bridgehead atoms. The number of halogens is 1. The van der Waals surface area contributed by atoms with Crippen molar-refractivity contribution in [3.8, 4) is 5.75 Å². The Balaban J connectivity index is 2.70. The Hall–Kier alpha value is -1.82. The van der Waals surface area contributed by atoms with Crippen molar-refractivity contribution < 1.29 is 23.8 Å². The van der Waals surface area contributed by atoms with E-state index >= 15 is 0 Å². The van der Waals surface area contributed by atoms with Crippen LogP contribution in [0.5, 0.6) is 5.75 Å². The predicted octanol–water partition coefficient (Wildman–Crippen LogP) is 2.90. The summed E-state index contributed by atoms with van der Waals surface area (Å²) in [7, 11) is 1.40. The highest BCUT2D eigenvalue weighted by Crippen LogP contribution is 2.25. The highest BCUT2D eigenvalue weighted by atomic mass is 19.1. The van der Waals surface area contributed by atoms with Crippen LogP contribution in [0.15, 0.2) is 18.2 Å². The molecule has 6 heteroatoms. The third-order valence-electron chi connectivity index (χ3n) is 3.29. The van der Waals surface area contributed by atoms with E-state index in [0.29, 0.717) is 12.0 Å². The summed E-state index contributed by atoms with van der Waals surface area (Å²) in [6, 6.07) is 4.66. The number of methoxy groups -OCH3 is 1. The molecule has 1 unspecified atom stereocenters. The molecule has 0 radical (unpaired) electrons. The lowest BCUT2D eigenvalue weighted by Gasteiger charge is -2.28. The van der Waals surface area contributed by atoms with Crippen LogP contribution < -0.4 is 10.1 Å². The zero-order chi connectivity index (χ0) is 17.7. The van der Waals surface area contributed by atoms with E-state index in [0.717, 1.165) is 0 Å². The van der Waals surface area contributed by atoms with E-state index in [9.17, 15) is 14.3 Å². The molecule has 1 amide bonds. The lowest BCUT2D eigenvalue weighted by molar-refractivity contribution is 0.0478. The molecule has 1 atom stereocenters. The summed E-state index contributed by atoms with van der Waals surface area (Å²) in [5, 5.41) is 12.3. The predicted molar refractivity (Wildman–Crippen MR) is 86.1 cm³/mol. The van der Waals surface area contributed by atoms with Gasteiger partial charge in [-0.1, -0.05) is 13.0 Å². The van der Waals surface area contributed by atoms with Crippen molar-refractivity contribution >= 4 is 6.09 Å². The first-order chi connectivity index (χ1) is 10.6. The molecule has 0 aromatic heterocycles. The van der Waals surface area contributed by atoms with Crippen molar-refractivity contribution in [1.29, 1.82) is 0 Å². The highest BCUT2D eigenvalue weighted by molar-refractivity contribution is 5.67. The molecule has 0 spiro atoms. The SMILES string of the molecule is COc1ccc(CC(C)(CO)CNC(=O)OC(C)(C)C)cc1F. The molecule has 2 N–H and O–H groups in total. The van der Waals surface area contributed by atoms with E-state index in [1.54, 1.807) is 32.9 Å². The number of aliphatic hydroxyl groups excluding tert-OH is 1. The number of amides is 1. The Labute approximate surface area is 136 Å². The van der Waals surface area contributed by atoms with Crippen LogP contribution in [0.2, 0.25) is 0 Å². The normalized spacial score (nSPS) is 14.0. The summed E-state index contributed by atoms with van der Waals surface area (Å²) in [6.07, 6.45) is -0.140. The van der Waals surface area contributed by atoms with Crippen LogP contribution in [0.3, 0.4) is 0 Å². The minimum atomic E-state index is -0.627. The Bertz CT molecular complexity index is 542. The smallest absolute Gasteiger partial charge is 0.407 e. The highest BCUT2D eigenvalue weighted by Gasteiger charge is 2.26. The van der Waals surface area contributed by atoms with Gasteiger partial charge in [0, 0.05) is 12.0 Å². The third kappa shape index (κ3) is 6.44. The number of hydrogen-bond acceptors (Lipinski definition) is 4. The lowest BCUT2D eigenvalue weighted by Crippen LogP contribution is -2.41. The molecule has 0 fully saturated rings. The molecule has 1 aromatic rings. The number of ether oxygens (including phenoxy) is 2. The van der Waals surface area contributed by atoms with Crippen molar-refractivity contribution in [3.63, 3.8) is 0 Å². The monoisotopic (exact) mass is 327 g/mol. The van der Waals surface area contributed by atoms with Crippen molar-refractivity contribution in [2.24, 2.45) is 5.41 Å². The molecule has 0 aliphatic heterocycles. The van der Waals surface area contributed by atoms with Gasteiger partial charge in [-0.2, -0.15) is 0 Å². The maximum Gasteiger partial charge on any atom is 0.407 e. The van der Waals surface area contributed by atoms with Crippen molar-refractivity contribution in [3.05, 3.63) is 29.6 Å². The summed E-state index contributed by atoms with van der Waals surface area (Å²) in [4.78, 5) is 11.7. The Kier molecular flexibility index (Phi) is 6.38. The van der Waals surface area contributed by atoms with Gasteiger partial charge in [-0.25, -0.2) is 9.18 Å². The number of carbonyl (C=O) groups excluding carboxylic acids is 1. The largest absolute Gasteiger partial charge is 0.494 e. The molecule has 0 aliphatic rings. The van der Waals surface area contributed by atoms with Crippen LogP contribution in [-0.2, 0) is 11.2 Å². The van der Waals surface area contributed by atoms with E-state index in [1.165, 1.54) is 13.2 Å². The molecule has 0 heterocycles. The quantitative estimate of drug-likeness (QED) is 0.843. The van der Waals surface area contributed by atoms with Gasteiger partial charge in [0.05, 0.1) is 13.7 Å². The van der Waals surface area contributed by atoms with E-state index in [2.05, 4.69) is 5.32 Å². The van der Waals surface area contributed by atoms with Gasteiger partial charge < -0.3 is 19.9 Å². The second-order valence-electron chi connectivity index (χ2n) is 6.97. The Morgan fingerprint density at radius 1 is 1.30 bits per heavy atom.